The van der Waals surface area contributed by atoms with Gasteiger partial charge in [-0.15, -0.1) is 0 Å². The number of likely N-dealkylation sites (N-methyl/N-ethyl adjacent to an activating group) is 1. The highest BCUT2D eigenvalue weighted by molar-refractivity contribution is 5.98. The van der Waals surface area contributed by atoms with E-state index in [0.29, 0.717) is 17.9 Å². The summed E-state index contributed by atoms with van der Waals surface area (Å²) in [6.07, 6.45) is 2.66. The van der Waals surface area contributed by atoms with Crippen molar-refractivity contribution in [3.63, 3.8) is 0 Å². The molecular weight excluding hydrogens is 288 g/mol. The molecule has 0 heterocycles. The largest absolute Gasteiger partial charge is 0.344 e. The smallest absolute Gasteiger partial charge is 0.252 e. The highest BCUT2D eigenvalue weighted by Crippen LogP contribution is 2.11. The molecule has 0 fully saturated rings. The van der Waals surface area contributed by atoms with Crippen molar-refractivity contribution in [1.29, 1.82) is 0 Å². The Balaban J connectivity index is 2.84. The van der Waals surface area contributed by atoms with Gasteiger partial charge in [0.2, 0.25) is 5.91 Å². The maximum atomic E-state index is 12.6. The summed E-state index contributed by atoms with van der Waals surface area (Å²) in [5, 5.41) is 2.93. The molecule has 128 valence electrons. The van der Waals surface area contributed by atoms with Crippen molar-refractivity contribution in [3.8, 4) is 0 Å². The van der Waals surface area contributed by atoms with Crippen LogP contribution in [0.3, 0.4) is 0 Å². The number of nitrogens with one attached hydrogen (secondary N) is 1. The van der Waals surface area contributed by atoms with Gasteiger partial charge in [-0.05, 0) is 37.3 Å². The van der Waals surface area contributed by atoms with Gasteiger partial charge >= 0.3 is 0 Å². The van der Waals surface area contributed by atoms with Gasteiger partial charge in [0.1, 0.15) is 6.04 Å². The minimum Gasteiger partial charge on any atom is -0.344 e. The molecule has 4 heteroatoms. The average Bonchev–Trinajstić information content (AvgIpc) is 2.51. The first-order chi connectivity index (χ1) is 10.9. The number of hydrogen-bond acceptors (Lipinski definition) is 2. The Morgan fingerprint density at radius 2 is 1.87 bits per heavy atom. The van der Waals surface area contributed by atoms with E-state index in [2.05, 4.69) is 26.1 Å². The zero-order valence-corrected chi connectivity index (χ0v) is 15.1. The molecule has 23 heavy (non-hydrogen) atoms. The van der Waals surface area contributed by atoms with Crippen LogP contribution in [0.15, 0.2) is 24.3 Å². The predicted octanol–water partition coefficient (Wildman–Crippen LogP) is 3.40. The maximum absolute atomic E-state index is 12.6. The number of carbonyl (C=O) groups is 2. The lowest BCUT2D eigenvalue weighted by molar-refractivity contribution is -0.132. The first kappa shape index (κ1) is 19.2. The van der Waals surface area contributed by atoms with E-state index in [9.17, 15) is 9.59 Å². The van der Waals surface area contributed by atoms with Crippen LogP contribution in [0.25, 0.3) is 0 Å². The second-order valence-electron chi connectivity index (χ2n) is 6.58. The van der Waals surface area contributed by atoms with Gasteiger partial charge in [0, 0.05) is 19.2 Å². The van der Waals surface area contributed by atoms with Crippen molar-refractivity contribution < 1.29 is 9.59 Å². The minimum atomic E-state index is -0.469. The van der Waals surface area contributed by atoms with Gasteiger partial charge in [0.05, 0.1) is 0 Å². The van der Waals surface area contributed by atoms with Crippen LogP contribution in [0.2, 0.25) is 0 Å². The summed E-state index contributed by atoms with van der Waals surface area (Å²) in [6.45, 7) is 8.86. The molecule has 0 spiro atoms. The molecule has 0 aliphatic rings. The quantitative estimate of drug-likeness (QED) is 0.798. The summed E-state index contributed by atoms with van der Waals surface area (Å²) >= 11 is 0. The van der Waals surface area contributed by atoms with Crippen molar-refractivity contribution in [2.75, 3.05) is 13.6 Å². The summed E-state index contributed by atoms with van der Waals surface area (Å²) in [7, 11) is 1.81. The highest BCUT2D eigenvalue weighted by atomic mass is 16.2. The third kappa shape index (κ3) is 6.05. The fraction of sp³-hybridized carbons (Fsp3) is 0.579. The van der Waals surface area contributed by atoms with Crippen LogP contribution in [0, 0.1) is 12.8 Å². The summed E-state index contributed by atoms with van der Waals surface area (Å²) < 4.78 is 0. The van der Waals surface area contributed by atoms with Gasteiger partial charge in [0.25, 0.3) is 5.91 Å². The standard InChI is InChI=1S/C19H30N2O2/c1-6-7-12-21(5)19(23)17(13-14(2)3)20-18(22)16-11-9-8-10-15(16)4/h8-11,14,17H,6-7,12-13H2,1-5H3,(H,20,22). The molecule has 2 amide bonds. The molecule has 1 unspecified atom stereocenters. The SMILES string of the molecule is CCCCN(C)C(=O)C(CC(C)C)NC(=O)c1ccccc1C. The Morgan fingerprint density at radius 3 is 2.43 bits per heavy atom. The molecule has 0 saturated carbocycles. The summed E-state index contributed by atoms with van der Waals surface area (Å²) in [4.78, 5) is 26.9. The molecule has 0 aromatic heterocycles. The Kier molecular flexibility index (Phi) is 7.79. The van der Waals surface area contributed by atoms with E-state index in [0.717, 1.165) is 24.9 Å². The Morgan fingerprint density at radius 1 is 1.22 bits per heavy atom. The van der Waals surface area contributed by atoms with E-state index in [1.165, 1.54) is 0 Å². The molecule has 0 bridgehead atoms. The Bertz CT molecular complexity index is 526. The molecule has 0 aliphatic carbocycles. The van der Waals surface area contributed by atoms with Gasteiger partial charge < -0.3 is 10.2 Å². The van der Waals surface area contributed by atoms with Crippen LogP contribution < -0.4 is 5.32 Å². The van der Waals surface area contributed by atoms with Crippen LogP contribution in [0.4, 0.5) is 0 Å². The molecular formula is C19H30N2O2. The number of carbonyl (C=O) groups excluding carboxylic acids is 2. The third-order valence-corrected chi connectivity index (χ3v) is 3.92. The second kappa shape index (κ2) is 9.33. The van der Waals surface area contributed by atoms with Crippen molar-refractivity contribution in [2.45, 2.75) is 53.0 Å². The molecule has 1 aromatic carbocycles. The lowest BCUT2D eigenvalue weighted by Gasteiger charge is -2.26. The fourth-order valence-corrected chi connectivity index (χ4v) is 2.53. The van der Waals surface area contributed by atoms with Crippen LogP contribution in [-0.2, 0) is 4.79 Å². The van der Waals surface area contributed by atoms with E-state index >= 15 is 0 Å². The van der Waals surface area contributed by atoms with Crippen LogP contribution in [-0.4, -0.2) is 36.3 Å². The zero-order valence-electron chi connectivity index (χ0n) is 15.1. The van der Waals surface area contributed by atoms with Crippen molar-refractivity contribution in [2.24, 2.45) is 5.92 Å². The van der Waals surface area contributed by atoms with Gasteiger partial charge in [-0.1, -0.05) is 45.4 Å². The molecule has 0 radical (unpaired) electrons. The predicted molar refractivity (Wildman–Crippen MR) is 94.4 cm³/mol. The van der Waals surface area contributed by atoms with E-state index in [-0.39, 0.29) is 11.8 Å². The van der Waals surface area contributed by atoms with Crippen molar-refractivity contribution in [1.82, 2.24) is 10.2 Å². The van der Waals surface area contributed by atoms with Crippen LogP contribution in [0.5, 0.6) is 0 Å². The molecule has 1 atom stereocenters. The molecule has 4 nitrogen and oxygen atoms in total. The summed E-state index contributed by atoms with van der Waals surface area (Å²) in [5.41, 5.74) is 1.55. The van der Waals surface area contributed by atoms with Gasteiger partial charge in [0.15, 0.2) is 0 Å². The number of unbranched alkanes of at least 4 members (excludes halogenated alkanes) is 1. The van der Waals surface area contributed by atoms with E-state index in [1.54, 1.807) is 11.0 Å². The highest BCUT2D eigenvalue weighted by Gasteiger charge is 2.25. The summed E-state index contributed by atoms with van der Waals surface area (Å²) in [5.74, 6) is 0.153. The first-order valence-corrected chi connectivity index (χ1v) is 8.48. The lowest BCUT2D eigenvalue weighted by Crippen LogP contribution is -2.48. The minimum absolute atomic E-state index is 0.00548. The van der Waals surface area contributed by atoms with Crippen LogP contribution in [0.1, 0.15) is 56.0 Å². The molecule has 1 aromatic rings. The van der Waals surface area contributed by atoms with Gasteiger partial charge in [-0.3, -0.25) is 9.59 Å². The number of nitrogens with zero attached hydrogens (tertiary/aromatic N) is 1. The molecule has 0 saturated heterocycles. The van der Waals surface area contributed by atoms with E-state index in [1.807, 2.05) is 32.2 Å². The second-order valence-corrected chi connectivity index (χ2v) is 6.58. The first-order valence-electron chi connectivity index (χ1n) is 8.48. The molecule has 1 N–H and O–H groups in total. The molecule has 0 aliphatic heterocycles. The Labute approximate surface area is 140 Å². The topological polar surface area (TPSA) is 49.4 Å². The van der Waals surface area contributed by atoms with E-state index < -0.39 is 6.04 Å². The van der Waals surface area contributed by atoms with Crippen LogP contribution >= 0.6 is 0 Å². The number of amides is 2. The number of rotatable bonds is 8. The van der Waals surface area contributed by atoms with Gasteiger partial charge in [-0.25, -0.2) is 0 Å². The molecule has 1 rings (SSSR count). The number of aryl methyl sites for hydroxylation is 1. The lowest BCUT2D eigenvalue weighted by atomic mass is 10.0. The monoisotopic (exact) mass is 318 g/mol. The third-order valence-electron chi connectivity index (χ3n) is 3.92. The number of benzene rings is 1. The van der Waals surface area contributed by atoms with E-state index in [4.69, 9.17) is 0 Å². The fourth-order valence-electron chi connectivity index (χ4n) is 2.53. The Hall–Kier alpha value is -1.84. The normalized spacial score (nSPS) is 12.1. The zero-order chi connectivity index (χ0) is 17.4. The maximum Gasteiger partial charge on any atom is 0.252 e. The van der Waals surface area contributed by atoms with Gasteiger partial charge in [-0.2, -0.15) is 0 Å². The van der Waals surface area contributed by atoms with Crippen molar-refractivity contribution in [3.05, 3.63) is 35.4 Å². The number of hydrogen-bond donors (Lipinski definition) is 1. The van der Waals surface area contributed by atoms with Crippen molar-refractivity contribution >= 4 is 11.8 Å². The summed E-state index contributed by atoms with van der Waals surface area (Å²) in [6, 6.07) is 6.98. The average molecular weight is 318 g/mol.